The van der Waals surface area contributed by atoms with Crippen LogP contribution in [0.4, 0.5) is 0 Å². The molecule has 1 aromatic rings. The van der Waals surface area contributed by atoms with Gasteiger partial charge in [-0.2, -0.15) is 5.26 Å². The van der Waals surface area contributed by atoms with Crippen LogP contribution < -0.4 is 4.74 Å². The summed E-state index contributed by atoms with van der Waals surface area (Å²) in [6.45, 7) is 0.862. The van der Waals surface area contributed by atoms with E-state index in [4.69, 9.17) is 10.00 Å². The first-order valence-corrected chi connectivity index (χ1v) is 6.47. The van der Waals surface area contributed by atoms with Crippen molar-refractivity contribution in [2.24, 2.45) is 0 Å². The number of ether oxygens (including phenoxy) is 1. The van der Waals surface area contributed by atoms with Crippen molar-refractivity contribution in [3.8, 4) is 11.8 Å². The average molecular weight is 244 g/mol. The first-order chi connectivity index (χ1) is 8.74. The van der Waals surface area contributed by atoms with E-state index >= 15 is 0 Å². The molecular formula is C15H20N2O. The van der Waals surface area contributed by atoms with E-state index < -0.39 is 0 Å². The second kappa shape index (κ2) is 5.88. The monoisotopic (exact) mass is 244 g/mol. The Morgan fingerprint density at radius 1 is 1.44 bits per heavy atom. The number of nitriles is 1. The number of rotatable bonds is 4. The van der Waals surface area contributed by atoms with Gasteiger partial charge in [-0.15, -0.1) is 0 Å². The van der Waals surface area contributed by atoms with Crippen LogP contribution in [0.3, 0.4) is 0 Å². The van der Waals surface area contributed by atoms with Gasteiger partial charge in [-0.1, -0.05) is 6.07 Å². The number of methoxy groups -OCH3 is 1. The third-order valence-corrected chi connectivity index (χ3v) is 3.82. The molecule has 0 bridgehead atoms. The lowest BCUT2D eigenvalue weighted by Gasteiger charge is -2.32. The number of benzene rings is 1. The zero-order valence-corrected chi connectivity index (χ0v) is 11.1. The summed E-state index contributed by atoms with van der Waals surface area (Å²) in [6, 6.07) is 9.14. The summed E-state index contributed by atoms with van der Waals surface area (Å²) < 4.78 is 5.28. The van der Waals surface area contributed by atoms with E-state index in [2.05, 4.69) is 30.1 Å². The molecule has 18 heavy (non-hydrogen) atoms. The van der Waals surface area contributed by atoms with Crippen LogP contribution in [-0.2, 0) is 12.8 Å². The van der Waals surface area contributed by atoms with E-state index in [-0.39, 0.29) is 0 Å². The Bertz CT molecular complexity index is 450. The zero-order chi connectivity index (χ0) is 13.0. The van der Waals surface area contributed by atoms with Crippen LogP contribution in [0, 0.1) is 11.3 Å². The van der Waals surface area contributed by atoms with E-state index in [0.717, 1.165) is 25.1 Å². The average Bonchev–Trinajstić information content (AvgIpc) is 2.43. The normalized spacial score (nSPS) is 18.2. The predicted molar refractivity (Wildman–Crippen MR) is 71.7 cm³/mol. The molecule has 0 spiro atoms. The van der Waals surface area contributed by atoms with Crippen LogP contribution >= 0.6 is 0 Å². The van der Waals surface area contributed by atoms with Gasteiger partial charge in [0.1, 0.15) is 5.75 Å². The molecule has 3 nitrogen and oxygen atoms in total. The highest BCUT2D eigenvalue weighted by atomic mass is 16.5. The van der Waals surface area contributed by atoms with Crippen molar-refractivity contribution in [2.45, 2.75) is 31.7 Å². The van der Waals surface area contributed by atoms with E-state index in [1.165, 1.54) is 17.5 Å². The lowest BCUT2D eigenvalue weighted by Crippen LogP contribution is -2.37. The minimum Gasteiger partial charge on any atom is -0.497 e. The molecule has 1 atom stereocenters. The second-order valence-electron chi connectivity index (χ2n) is 4.92. The molecule has 1 aromatic carbocycles. The fraction of sp³-hybridized carbons (Fsp3) is 0.533. The summed E-state index contributed by atoms with van der Waals surface area (Å²) in [4.78, 5) is 2.31. The molecule has 1 aliphatic carbocycles. The van der Waals surface area contributed by atoms with Gasteiger partial charge in [-0.05, 0) is 49.6 Å². The summed E-state index contributed by atoms with van der Waals surface area (Å²) >= 11 is 0. The Labute approximate surface area is 109 Å². The SMILES string of the molecule is COc1ccc2c(c1)CC(N(C)CCC#N)CC2. The molecule has 1 aliphatic rings. The maximum atomic E-state index is 8.65. The fourth-order valence-electron chi connectivity index (χ4n) is 2.63. The van der Waals surface area contributed by atoms with Crippen molar-refractivity contribution in [3.05, 3.63) is 29.3 Å². The molecule has 3 heteroatoms. The van der Waals surface area contributed by atoms with Crippen LogP contribution in [0.25, 0.3) is 0 Å². The Balaban J connectivity index is 2.06. The van der Waals surface area contributed by atoms with Crippen LogP contribution in [0.15, 0.2) is 18.2 Å². The van der Waals surface area contributed by atoms with Gasteiger partial charge in [0, 0.05) is 19.0 Å². The third kappa shape index (κ3) is 2.83. The lowest BCUT2D eigenvalue weighted by molar-refractivity contribution is 0.226. The maximum absolute atomic E-state index is 8.65. The molecule has 0 saturated heterocycles. The number of likely N-dealkylation sites (N-methyl/N-ethyl adjacent to an activating group) is 1. The van der Waals surface area contributed by atoms with Crippen LogP contribution in [0.5, 0.6) is 5.75 Å². The first kappa shape index (κ1) is 12.9. The highest BCUT2D eigenvalue weighted by molar-refractivity contribution is 5.37. The van der Waals surface area contributed by atoms with Gasteiger partial charge >= 0.3 is 0 Å². The minimum atomic E-state index is 0.554. The largest absolute Gasteiger partial charge is 0.497 e. The quantitative estimate of drug-likeness (QED) is 0.816. The Hall–Kier alpha value is -1.53. The van der Waals surface area contributed by atoms with Gasteiger partial charge in [0.05, 0.1) is 13.2 Å². The Kier molecular flexibility index (Phi) is 4.22. The van der Waals surface area contributed by atoms with Crippen molar-refractivity contribution in [1.82, 2.24) is 4.90 Å². The number of hydrogen-bond donors (Lipinski definition) is 0. The zero-order valence-electron chi connectivity index (χ0n) is 11.1. The summed E-state index contributed by atoms with van der Waals surface area (Å²) in [7, 11) is 3.83. The predicted octanol–water partition coefficient (Wildman–Crippen LogP) is 2.40. The van der Waals surface area contributed by atoms with Crippen molar-refractivity contribution in [3.63, 3.8) is 0 Å². The molecule has 0 N–H and O–H groups in total. The number of hydrogen-bond acceptors (Lipinski definition) is 3. The van der Waals surface area contributed by atoms with Gasteiger partial charge in [-0.25, -0.2) is 0 Å². The minimum absolute atomic E-state index is 0.554. The molecule has 2 rings (SSSR count). The van der Waals surface area contributed by atoms with Crippen molar-refractivity contribution < 1.29 is 4.74 Å². The van der Waals surface area contributed by atoms with Crippen molar-refractivity contribution in [2.75, 3.05) is 20.7 Å². The summed E-state index contributed by atoms with van der Waals surface area (Å²) in [5.74, 6) is 0.939. The summed E-state index contributed by atoms with van der Waals surface area (Å²) in [6.07, 6.45) is 3.98. The summed E-state index contributed by atoms with van der Waals surface area (Å²) in [5.41, 5.74) is 2.84. The van der Waals surface area contributed by atoms with E-state index in [9.17, 15) is 0 Å². The molecule has 0 saturated carbocycles. The smallest absolute Gasteiger partial charge is 0.119 e. The number of aryl methyl sites for hydroxylation is 1. The molecular weight excluding hydrogens is 224 g/mol. The summed E-state index contributed by atoms with van der Waals surface area (Å²) in [5, 5.41) is 8.65. The molecule has 96 valence electrons. The van der Waals surface area contributed by atoms with Gasteiger partial charge in [0.2, 0.25) is 0 Å². The van der Waals surface area contributed by atoms with Gasteiger partial charge < -0.3 is 9.64 Å². The highest BCUT2D eigenvalue weighted by Crippen LogP contribution is 2.27. The first-order valence-electron chi connectivity index (χ1n) is 6.47. The topological polar surface area (TPSA) is 36.3 Å². The lowest BCUT2D eigenvalue weighted by atomic mass is 9.87. The molecule has 0 fully saturated rings. The Morgan fingerprint density at radius 2 is 2.28 bits per heavy atom. The Morgan fingerprint density at radius 3 is 3.00 bits per heavy atom. The van der Waals surface area contributed by atoms with E-state index in [1.807, 2.05) is 6.07 Å². The third-order valence-electron chi connectivity index (χ3n) is 3.82. The van der Waals surface area contributed by atoms with Crippen LogP contribution in [0.1, 0.15) is 24.0 Å². The number of fused-ring (bicyclic) bond motifs is 1. The van der Waals surface area contributed by atoms with Crippen molar-refractivity contribution >= 4 is 0 Å². The highest BCUT2D eigenvalue weighted by Gasteiger charge is 2.22. The molecule has 1 unspecified atom stereocenters. The van der Waals surface area contributed by atoms with E-state index in [1.54, 1.807) is 7.11 Å². The van der Waals surface area contributed by atoms with Crippen LogP contribution in [0.2, 0.25) is 0 Å². The molecule has 0 radical (unpaired) electrons. The van der Waals surface area contributed by atoms with Crippen molar-refractivity contribution in [1.29, 1.82) is 5.26 Å². The van der Waals surface area contributed by atoms with E-state index in [0.29, 0.717) is 12.5 Å². The molecule has 0 heterocycles. The second-order valence-corrected chi connectivity index (χ2v) is 4.92. The molecule has 0 aliphatic heterocycles. The van der Waals surface area contributed by atoms with Crippen LogP contribution in [-0.4, -0.2) is 31.6 Å². The van der Waals surface area contributed by atoms with Gasteiger partial charge in [0.15, 0.2) is 0 Å². The molecule has 0 amide bonds. The van der Waals surface area contributed by atoms with Gasteiger partial charge in [-0.3, -0.25) is 0 Å². The standard InChI is InChI=1S/C15H20N2O/c1-17(9-3-8-16)14-6-4-12-5-7-15(18-2)11-13(12)10-14/h5,7,11,14H,3-4,6,9-10H2,1-2H3. The fourth-order valence-corrected chi connectivity index (χ4v) is 2.63. The number of nitrogens with zero attached hydrogens (tertiary/aromatic N) is 2. The van der Waals surface area contributed by atoms with Gasteiger partial charge in [0.25, 0.3) is 0 Å². The molecule has 0 aromatic heterocycles. The maximum Gasteiger partial charge on any atom is 0.119 e.